The van der Waals surface area contributed by atoms with E-state index in [0.29, 0.717) is 11.6 Å². The predicted octanol–water partition coefficient (Wildman–Crippen LogP) is 4.59. The Morgan fingerprint density at radius 1 is 1.09 bits per heavy atom. The summed E-state index contributed by atoms with van der Waals surface area (Å²) in [7, 11) is 1.81. The largest absolute Gasteiger partial charge is 0.312 e. The van der Waals surface area contributed by atoms with Crippen LogP contribution >= 0.6 is 0 Å². The number of aromatic nitrogens is 1. The van der Waals surface area contributed by atoms with E-state index in [1.807, 2.05) is 45.2 Å². The standard InChI is InChI=1S/C21H28N4O.C6H5F/c1-15-5-10-20(17(3)23-15)21(26)24(4)19-8-6-18(7-9-19)14-25-12-11-22-16(2)13-25;7-6-4-2-1-3-5-6/h5-10,16,22H,11-14H2,1-4H3;1-5H. The zero-order valence-electron chi connectivity index (χ0n) is 19.9. The van der Waals surface area contributed by atoms with Crippen molar-refractivity contribution in [3.05, 3.63) is 95.1 Å². The number of carbonyl (C=O) groups is 1. The molecule has 1 amide bonds. The first kappa shape index (κ1) is 24.6. The molecule has 2 aromatic carbocycles. The second-order valence-corrected chi connectivity index (χ2v) is 8.50. The number of rotatable bonds is 4. The third-order valence-electron chi connectivity index (χ3n) is 5.68. The third kappa shape index (κ3) is 7.20. The van der Waals surface area contributed by atoms with Crippen LogP contribution in [0.25, 0.3) is 0 Å². The number of amides is 1. The Balaban J connectivity index is 0.000000374. The van der Waals surface area contributed by atoms with Gasteiger partial charge in [-0.05, 0) is 62.7 Å². The van der Waals surface area contributed by atoms with E-state index in [0.717, 1.165) is 43.3 Å². The molecule has 1 saturated heterocycles. The molecule has 2 heterocycles. The molecular weight excluding hydrogens is 415 g/mol. The summed E-state index contributed by atoms with van der Waals surface area (Å²) in [5.74, 6) is -0.207. The highest BCUT2D eigenvalue weighted by Crippen LogP contribution is 2.19. The van der Waals surface area contributed by atoms with E-state index in [1.165, 1.54) is 17.7 Å². The van der Waals surface area contributed by atoms with Crippen molar-refractivity contribution in [1.82, 2.24) is 15.2 Å². The molecule has 6 heteroatoms. The Hall–Kier alpha value is -3.09. The number of hydrogen-bond acceptors (Lipinski definition) is 4. The highest BCUT2D eigenvalue weighted by atomic mass is 19.1. The first-order chi connectivity index (χ1) is 15.8. The van der Waals surface area contributed by atoms with E-state index in [-0.39, 0.29) is 11.7 Å². The summed E-state index contributed by atoms with van der Waals surface area (Å²) in [6, 6.07) is 20.5. The van der Waals surface area contributed by atoms with Gasteiger partial charge in [-0.25, -0.2) is 4.39 Å². The van der Waals surface area contributed by atoms with Crippen molar-refractivity contribution in [3.8, 4) is 0 Å². The Morgan fingerprint density at radius 2 is 1.79 bits per heavy atom. The average Bonchev–Trinajstić information content (AvgIpc) is 2.80. The fourth-order valence-electron chi connectivity index (χ4n) is 3.86. The molecule has 5 nitrogen and oxygen atoms in total. The first-order valence-electron chi connectivity index (χ1n) is 11.3. The molecule has 0 radical (unpaired) electrons. The van der Waals surface area contributed by atoms with Gasteiger partial charge in [0, 0.05) is 50.6 Å². The molecule has 0 saturated carbocycles. The highest BCUT2D eigenvalue weighted by Gasteiger charge is 2.18. The molecule has 4 rings (SSSR count). The zero-order chi connectivity index (χ0) is 23.8. The third-order valence-corrected chi connectivity index (χ3v) is 5.68. The SMILES string of the molecule is Cc1ccc(C(=O)N(C)c2ccc(CN3CCNC(C)C3)cc2)c(C)n1.Fc1ccccc1. The van der Waals surface area contributed by atoms with Crippen LogP contribution in [0.5, 0.6) is 0 Å². The van der Waals surface area contributed by atoms with Crippen LogP contribution in [0, 0.1) is 19.7 Å². The van der Waals surface area contributed by atoms with Crippen molar-refractivity contribution >= 4 is 11.6 Å². The minimum Gasteiger partial charge on any atom is -0.312 e. The molecule has 0 aliphatic carbocycles. The lowest BCUT2D eigenvalue weighted by atomic mass is 10.1. The maximum atomic E-state index is 12.8. The number of benzene rings is 2. The van der Waals surface area contributed by atoms with Crippen LogP contribution in [0.2, 0.25) is 0 Å². The van der Waals surface area contributed by atoms with Gasteiger partial charge in [-0.1, -0.05) is 30.3 Å². The van der Waals surface area contributed by atoms with E-state index in [1.54, 1.807) is 23.1 Å². The first-order valence-corrected chi connectivity index (χ1v) is 11.3. The van der Waals surface area contributed by atoms with Gasteiger partial charge in [0.1, 0.15) is 5.82 Å². The van der Waals surface area contributed by atoms with E-state index < -0.39 is 0 Å². The van der Waals surface area contributed by atoms with Crippen LogP contribution in [0.3, 0.4) is 0 Å². The minimum atomic E-state index is -0.178. The van der Waals surface area contributed by atoms with Gasteiger partial charge in [0.15, 0.2) is 0 Å². The summed E-state index contributed by atoms with van der Waals surface area (Å²) in [4.78, 5) is 21.3. The summed E-state index contributed by atoms with van der Waals surface area (Å²) >= 11 is 0. The summed E-state index contributed by atoms with van der Waals surface area (Å²) in [5, 5.41) is 3.47. The molecule has 1 atom stereocenters. The number of hydrogen-bond donors (Lipinski definition) is 1. The van der Waals surface area contributed by atoms with Crippen molar-refractivity contribution in [2.24, 2.45) is 0 Å². The molecule has 3 aromatic rings. The van der Waals surface area contributed by atoms with Crippen molar-refractivity contribution in [2.45, 2.75) is 33.4 Å². The molecule has 1 N–H and O–H groups in total. The second-order valence-electron chi connectivity index (χ2n) is 8.50. The molecule has 1 aliphatic heterocycles. The van der Waals surface area contributed by atoms with Crippen LogP contribution < -0.4 is 10.2 Å². The van der Waals surface area contributed by atoms with Crippen molar-refractivity contribution in [2.75, 3.05) is 31.6 Å². The summed E-state index contributed by atoms with van der Waals surface area (Å²) in [6.45, 7) is 10.2. The highest BCUT2D eigenvalue weighted by molar-refractivity contribution is 6.06. The molecule has 33 heavy (non-hydrogen) atoms. The van der Waals surface area contributed by atoms with Gasteiger partial charge in [0.25, 0.3) is 5.91 Å². The maximum absolute atomic E-state index is 12.8. The average molecular weight is 449 g/mol. The van der Waals surface area contributed by atoms with Crippen molar-refractivity contribution in [1.29, 1.82) is 0 Å². The lowest BCUT2D eigenvalue weighted by Crippen LogP contribution is -2.48. The van der Waals surface area contributed by atoms with Gasteiger partial charge in [-0.15, -0.1) is 0 Å². The molecule has 174 valence electrons. The summed E-state index contributed by atoms with van der Waals surface area (Å²) in [6.07, 6.45) is 0. The van der Waals surface area contributed by atoms with Gasteiger partial charge < -0.3 is 10.2 Å². The number of nitrogens with zero attached hydrogens (tertiary/aromatic N) is 3. The Labute approximate surface area is 196 Å². The fraction of sp³-hybridized carbons (Fsp3) is 0.333. The summed E-state index contributed by atoms with van der Waals surface area (Å²) in [5.41, 5.74) is 4.51. The number of pyridine rings is 1. The van der Waals surface area contributed by atoms with E-state index in [2.05, 4.69) is 34.3 Å². The normalized spacial score (nSPS) is 16.0. The maximum Gasteiger partial charge on any atom is 0.259 e. The van der Waals surface area contributed by atoms with Crippen molar-refractivity contribution in [3.63, 3.8) is 0 Å². The van der Waals surface area contributed by atoms with Crippen molar-refractivity contribution < 1.29 is 9.18 Å². The Morgan fingerprint density at radius 3 is 2.36 bits per heavy atom. The lowest BCUT2D eigenvalue weighted by molar-refractivity contribution is 0.0992. The van der Waals surface area contributed by atoms with Gasteiger partial charge >= 0.3 is 0 Å². The van der Waals surface area contributed by atoms with Crippen LogP contribution in [0.1, 0.15) is 34.2 Å². The van der Waals surface area contributed by atoms with Crippen LogP contribution in [-0.2, 0) is 6.54 Å². The number of piperazine rings is 1. The van der Waals surface area contributed by atoms with Crippen LogP contribution in [0.15, 0.2) is 66.7 Å². The molecule has 0 bridgehead atoms. The topological polar surface area (TPSA) is 48.5 Å². The number of aryl methyl sites for hydroxylation is 2. The Kier molecular flexibility index (Phi) is 8.69. The molecular formula is C27H33FN4O. The van der Waals surface area contributed by atoms with Crippen LogP contribution in [0.4, 0.5) is 10.1 Å². The summed E-state index contributed by atoms with van der Waals surface area (Å²) < 4.78 is 11.9. The second kappa shape index (κ2) is 11.7. The zero-order valence-corrected chi connectivity index (χ0v) is 19.9. The smallest absolute Gasteiger partial charge is 0.259 e. The van der Waals surface area contributed by atoms with Crippen LogP contribution in [-0.4, -0.2) is 48.5 Å². The number of halogens is 1. The van der Waals surface area contributed by atoms with Gasteiger partial charge in [0.05, 0.1) is 11.3 Å². The predicted molar refractivity (Wildman–Crippen MR) is 132 cm³/mol. The monoisotopic (exact) mass is 448 g/mol. The molecule has 1 aliphatic rings. The Bertz CT molecular complexity index is 1040. The molecule has 1 unspecified atom stereocenters. The number of anilines is 1. The van der Waals surface area contributed by atoms with Gasteiger partial charge in [-0.2, -0.15) is 0 Å². The van der Waals surface area contributed by atoms with Gasteiger partial charge in [-0.3, -0.25) is 14.7 Å². The molecule has 1 aromatic heterocycles. The molecule has 0 spiro atoms. The van der Waals surface area contributed by atoms with E-state index in [9.17, 15) is 9.18 Å². The fourth-order valence-corrected chi connectivity index (χ4v) is 3.86. The van der Waals surface area contributed by atoms with E-state index >= 15 is 0 Å². The molecule has 1 fully saturated rings. The minimum absolute atomic E-state index is 0.0290. The number of nitrogens with one attached hydrogen (secondary N) is 1. The van der Waals surface area contributed by atoms with Gasteiger partial charge in [0.2, 0.25) is 0 Å². The van der Waals surface area contributed by atoms with E-state index in [4.69, 9.17) is 0 Å². The number of carbonyl (C=O) groups excluding carboxylic acids is 1. The quantitative estimate of drug-likeness (QED) is 0.634. The lowest BCUT2D eigenvalue weighted by Gasteiger charge is -2.31.